The van der Waals surface area contributed by atoms with Crippen LogP contribution in [-0.4, -0.2) is 32.1 Å². The topological polar surface area (TPSA) is 84.7 Å². The van der Waals surface area contributed by atoms with Crippen LogP contribution in [0, 0.1) is 0 Å². The van der Waals surface area contributed by atoms with Crippen molar-refractivity contribution in [1.29, 1.82) is 0 Å². The van der Waals surface area contributed by atoms with E-state index in [1.54, 1.807) is 11.9 Å². The zero-order valence-corrected chi connectivity index (χ0v) is 10.1. The number of benzene rings is 1. The molecule has 0 spiro atoms. The van der Waals surface area contributed by atoms with Gasteiger partial charge in [-0.1, -0.05) is 6.07 Å². The molecule has 0 aromatic heterocycles. The number of anilines is 1. The lowest BCUT2D eigenvalue weighted by Crippen LogP contribution is -2.35. The molecule has 6 nitrogen and oxygen atoms in total. The average Bonchev–Trinajstić information content (AvgIpc) is 2.34. The molecule has 0 saturated heterocycles. The number of hydrogen-bond acceptors (Lipinski definition) is 3. The quantitative estimate of drug-likeness (QED) is 0.805. The third-order valence-electron chi connectivity index (χ3n) is 2.82. The predicted molar refractivity (Wildman–Crippen MR) is 66.6 cm³/mol. The van der Waals surface area contributed by atoms with Crippen molar-refractivity contribution in [2.45, 2.75) is 6.42 Å². The molecule has 2 rings (SSSR count). The second kappa shape index (κ2) is 4.95. The SMILES string of the molecule is CN1C(=O)COc2ccc(CCNC(N)=O)cc21. The molecule has 0 saturated carbocycles. The summed E-state index contributed by atoms with van der Waals surface area (Å²) in [5.74, 6) is 0.624. The Morgan fingerprint density at radius 1 is 1.56 bits per heavy atom. The molecule has 1 heterocycles. The second-order valence-electron chi connectivity index (χ2n) is 4.08. The van der Waals surface area contributed by atoms with Gasteiger partial charge in [-0.3, -0.25) is 4.79 Å². The molecule has 3 amide bonds. The highest BCUT2D eigenvalue weighted by molar-refractivity contribution is 5.97. The number of primary amides is 1. The molecular weight excluding hydrogens is 234 g/mol. The highest BCUT2D eigenvalue weighted by Crippen LogP contribution is 2.31. The zero-order valence-electron chi connectivity index (χ0n) is 10.1. The molecule has 0 fully saturated rings. The van der Waals surface area contributed by atoms with Gasteiger partial charge in [0.05, 0.1) is 5.69 Å². The van der Waals surface area contributed by atoms with Crippen LogP contribution >= 0.6 is 0 Å². The maximum Gasteiger partial charge on any atom is 0.312 e. The minimum absolute atomic E-state index is 0.0742. The monoisotopic (exact) mass is 249 g/mol. The summed E-state index contributed by atoms with van der Waals surface area (Å²) in [6, 6.07) is 5.08. The molecule has 18 heavy (non-hydrogen) atoms. The number of likely N-dealkylation sites (N-methyl/N-ethyl adjacent to an activating group) is 1. The average molecular weight is 249 g/mol. The predicted octanol–water partition coefficient (Wildman–Crippen LogP) is 0.253. The van der Waals surface area contributed by atoms with Crippen LogP contribution in [0.15, 0.2) is 18.2 Å². The Balaban J connectivity index is 2.11. The number of urea groups is 1. The Morgan fingerprint density at radius 2 is 2.33 bits per heavy atom. The summed E-state index contributed by atoms with van der Waals surface area (Å²) in [7, 11) is 1.72. The fourth-order valence-electron chi connectivity index (χ4n) is 1.80. The largest absolute Gasteiger partial charge is 0.482 e. The van der Waals surface area contributed by atoms with Gasteiger partial charge in [0.1, 0.15) is 5.75 Å². The van der Waals surface area contributed by atoms with Crippen LogP contribution in [0.1, 0.15) is 5.56 Å². The van der Waals surface area contributed by atoms with E-state index in [0.29, 0.717) is 18.7 Å². The van der Waals surface area contributed by atoms with E-state index in [0.717, 1.165) is 11.3 Å². The molecule has 1 aliphatic heterocycles. The zero-order chi connectivity index (χ0) is 13.1. The van der Waals surface area contributed by atoms with E-state index in [-0.39, 0.29) is 12.5 Å². The highest BCUT2D eigenvalue weighted by Gasteiger charge is 2.22. The van der Waals surface area contributed by atoms with Gasteiger partial charge in [-0.05, 0) is 24.1 Å². The van der Waals surface area contributed by atoms with E-state index in [1.807, 2.05) is 18.2 Å². The van der Waals surface area contributed by atoms with Gasteiger partial charge in [0.25, 0.3) is 5.91 Å². The summed E-state index contributed by atoms with van der Waals surface area (Å²) in [5.41, 5.74) is 6.74. The number of amides is 3. The Hall–Kier alpha value is -2.24. The molecule has 3 N–H and O–H groups in total. The number of rotatable bonds is 3. The van der Waals surface area contributed by atoms with Gasteiger partial charge in [-0.2, -0.15) is 0 Å². The Morgan fingerprint density at radius 3 is 3.06 bits per heavy atom. The Labute approximate surface area is 105 Å². The molecule has 1 aliphatic rings. The van der Waals surface area contributed by atoms with E-state index in [1.165, 1.54) is 0 Å². The Kier molecular flexibility index (Phi) is 3.36. The molecule has 0 aliphatic carbocycles. The fraction of sp³-hybridized carbons (Fsp3) is 0.333. The number of nitrogens with two attached hydrogens (primary N) is 1. The molecule has 0 radical (unpaired) electrons. The summed E-state index contributed by atoms with van der Waals surface area (Å²) in [4.78, 5) is 23.6. The summed E-state index contributed by atoms with van der Waals surface area (Å²) >= 11 is 0. The third kappa shape index (κ3) is 2.53. The number of hydrogen-bond donors (Lipinski definition) is 2. The number of nitrogens with one attached hydrogen (secondary N) is 1. The van der Waals surface area contributed by atoms with Crippen molar-refractivity contribution in [2.75, 3.05) is 25.1 Å². The lowest BCUT2D eigenvalue weighted by Gasteiger charge is -2.26. The summed E-state index contributed by atoms with van der Waals surface area (Å²) in [5, 5.41) is 2.52. The maximum absolute atomic E-state index is 11.5. The van der Waals surface area contributed by atoms with E-state index in [4.69, 9.17) is 10.5 Å². The van der Waals surface area contributed by atoms with Crippen molar-refractivity contribution in [3.8, 4) is 5.75 Å². The first-order valence-corrected chi connectivity index (χ1v) is 5.63. The Bertz CT molecular complexity index is 487. The standard InChI is InChI=1S/C12H15N3O3/c1-15-9-6-8(4-5-14-12(13)17)2-3-10(9)18-7-11(15)16/h2-3,6H,4-5,7H2,1H3,(H3,13,14,17). The second-order valence-corrected chi connectivity index (χ2v) is 4.08. The van der Waals surface area contributed by atoms with Gasteiger partial charge in [-0.15, -0.1) is 0 Å². The summed E-state index contributed by atoms with van der Waals surface area (Å²) in [6.07, 6.45) is 0.651. The molecule has 0 unspecified atom stereocenters. The molecule has 0 atom stereocenters. The first kappa shape index (κ1) is 12.2. The van der Waals surface area contributed by atoms with Crippen molar-refractivity contribution in [1.82, 2.24) is 5.32 Å². The molecule has 1 aromatic carbocycles. The van der Waals surface area contributed by atoms with Crippen molar-refractivity contribution >= 4 is 17.6 Å². The van der Waals surface area contributed by atoms with Crippen LogP contribution < -0.4 is 20.7 Å². The molecule has 0 bridgehead atoms. The number of carbonyl (C=O) groups excluding carboxylic acids is 2. The van der Waals surface area contributed by atoms with E-state index < -0.39 is 6.03 Å². The lowest BCUT2D eigenvalue weighted by molar-refractivity contribution is -0.120. The van der Waals surface area contributed by atoms with Crippen LogP contribution in [0.3, 0.4) is 0 Å². The first-order chi connectivity index (χ1) is 8.58. The smallest absolute Gasteiger partial charge is 0.312 e. The van der Waals surface area contributed by atoms with Crippen molar-refractivity contribution in [3.05, 3.63) is 23.8 Å². The first-order valence-electron chi connectivity index (χ1n) is 5.63. The van der Waals surface area contributed by atoms with Gasteiger partial charge >= 0.3 is 6.03 Å². The molecular formula is C12H15N3O3. The van der Waals surface area contributed by atoms with Crippen LogP contribution in [0.25, 0.3) is 0 Å². The van der Waals surface area contributed by atoms with Gasteiger partial charge in [0, 0.05) is 13.6 Å². The molecule has 96 valence electrons. The summed E-state index contributed by atoms with van der Waals surface area (Å²) < 4.78 is 5.32. The van der Waals surface area contributed by atoms with Crippen LogP contribution in [0.2, 0.25) is 0 Å². The molecule has 1 aromatic rings. The number of carbonyl (C=O) groups is 2. The fourth-order valence-corrected chi connectivity index (χ4v) is 1.80. The van der Waals surface area contributed by atoms with E-state index >= 15 is 0 Å². The van der Waals surface area contributed by atoms with Gasteiger partial charge in [0.15, 0.2) is 6.61 Å². The van der Waals surface area contributed by atoms with Crippen LogP contribution in [-0.2, 0) is 11.2 Å². The van der Waals surface area contributed by atoms with Gasteiger partial charge < -0.3 is 20.7 Å². The van der Waals surface area contributed by atoms with Crippen LogP contribution in [0.5, 0.6) is 5.75 Å². The highest BCUT2D eigenvalue weighted by atomic mass is 16.5. The third-order valence-corrected chi connectivity index (χ3v) is 2.82. The number of nitrogens with zero attached hydrogens (tertiary/aromatic N) is 1. The van der Waals surface area contributed by atoms with E-state index in [2.05, 4.69) is 5.32 Å². The number of fused-ring (bicyclic) bond motifs is 1. The maximum atomic E-state index is 11.5. The van der Waals surface area contributed by atoms with Gasteiger partial charge in [-0.25, -0.2) is 4.79 Å². The van der Waals surface area contributed by atoms with Crippen molar-refractivity contribution in [3.63, 3.8) is 0 Å². The van der Waals surface area contributed by atoms with Crippen LogP contribution in [0.4, 0.5) is 10.5 Å². The summed E-state index contributed by atoms with van der Waals surface area (Å²) in [6.45, 7) is 0.540. The van der Waals surface area contributed by atoms with Gasteiger partial charge in [0.2, 0.25) is 0 Å². The lowest BCUT2D eigenvalue weighted by atomic mass is 10.1. The minimum Gasteiger partial charge on any atom is -0.482 e. The normalized spacial score (nSPS) is 13.8. The number of ether oxygens (including phenoxy) is 1. The van der Waals surface area contributed by atoms with E-state index in [9.17, 15) is 9.59 Å². The minimum atomic E-state index is -0.538. The van der Waals surface area contributed by atoms with Crippen molar-refractivity contribution < 1.29 is 14.3 Å². The van der Waals surface area contributed by atoms with Crippen molar-refractivity contribution in [2.24, 2.45) is 5.73 Å². The molecule has 6 heteroatoms.